The first kappa shape index (κ1) is 17.7. The molecule has 1 unspecified atom stereocenters. The van der Waals surface area contributed by atoms with Crippen LogP contribution in [-0.4, -0.2) is 74.4 Å². The van der Waals surface area contributed by atoms with Gasteiger partial charge in [0, 0.05) is 45.5 Å². The number of hydrogen-bond acceptors (Lipinski definition) is 4. The molecule has 1 atom stereocenters. The van der Waals surface area contributed by atoms with E-state index in [9.17, 15) is 4.79 Å². The first-order chi connectivity index (χ1) is 10.6. The van der Waals surface area contributed by atoms with Crippen LogP contribution >= 0.6 is 0 Å². The number of nitrogens with zero attached hydrogens (tertiary/aromatic N) is 2. The van der Waals surface area contributed by atoms with Gasteiger partial charge >= 0.3 is 0 Å². The topological polar surface area (TPSA) is 42.0 Å². The monoisotopic (exact) mass is 312 g/mol. The molecule has 2 rings (SSSR count). The molecule has 128 valence electrons. The maximum atomic E-state index is 12.5. The Bertz CT molecular complexity index is 343. The highest BCUT2D eigenvalue weighted by molar-refractivity contribution is 5.78. The van der Waals surface area contributed by atoms with Crippen molar-refractivity contribution in [1.29, 1.82) is 0 Å². The lowest BCUT2D eigenvalue weighted by molar-refractivity contribution is -0.142. The largest absolute Gasteiger partial charge is 0.381 e. The van der Waals surface area contributed by atoms with Gasteiger partial charge in [0.2, 0.25) is 5.91 Å². The average molecular weight is 312 g/mol. The van der Waals surface area contributed by atoms with E-state index in [2.05, 4.69) is 23.6 Å². The molecule has 22 heavy (non-hydrogen) atoms. The zero-order valence-electron chi connectivity index (χ0n) is 14.4. The summed E-state index contributed by atoms with van der Waals surface area (Å²) in [5, 5.41) is 0. The van der Waals surface area contributed by atoms with Gasteiger partial charge in [0.05, 0.1) is 0 Å². The Morgan fingerprint density at radius 3 is 2.64 bits per heavy atom. The molecular formula is C17H32N2O3. The molecule has 2 aliphatic rings. The van der Waals surface area contributed by atoms with Gasteiger partial charge in [0.1, 0.15) is 6.61 Å². The van der Waals surface area contributed by atoms with Gasteiger partial charge in [-0.2, -0.15) is 0 Å². The number of carbonyl (C=O) groups is 1. The summed E-state index contributed by atoms with van der Waals surface area (Å²) in [4.78, 5) is 17.2. The maximum Gasteiger partial charge on any atom is 0.249 e. The minimum Gasteiger partial charge on any atom is -0.381 e. The van der Waals surface area contributed by atoms with Gasteiger partial charge in [-0.3, -0.25) is 4.79 Å². The van der Waals surface area contributed by atoms with Gasteiger partial charge in [-0.15, -0.1) is 0 Å². The Labute approximate surface area is 134 Å². The number of carbonyl (C=O) groups excluding carboxylic acids is 1. The van der Waals surface area contributed by atoms with Crippen LogP contribution in [-0.2, 0) is 14.3 Å². The summed E-state index contributed by atoms with van der Waals surface area (Å²) in [7, 11) is 1.60. The third-order valence-corrected chi connectivity index (χ3v) is 4.80. The summed E-state index contributed by atoms with van der Waals surface area (Å²) in [5.41, 5.74) is 0. The van der Waals surface area contributed by atoms with Gasteiger partial charge in [0.15, 0.2) is 0 Å². The van der Waals surface area contributed by atoms with Crippen LogP contribution in [0.2, 0.25) is 0 Å². The van der Waals surface area contributed by atoms with Crippen LogP contribution in [0.4, 0.5) is 0 Å². The van der Waals surface area contributed by atoms with E-state index in [1.165, 1.54) is 6.42 Å². The highest BCUT2D eigenvalue weighted by Crippen LogP contribution is 2.24. The number of ether oxygens (including phenoxy) is 2. The molecule has 0 aromatic carbocycles. The molecule has 2 fully saturated rings. The lowest BCUT2D eigenvalue weighted by Gasteiger charge is -2.38. The van der Waals surface area contributed by atoms with Gasteiger partial charge in [-0.1, -0.05) is 13.8 Å². The van der Waals surface area contributed by atoms with Crippen molar-refractivity contribution in [3.8, 4) is 0 Å². The van der Waals surface area contributed by atoms with Crippen LogP contribution in [0.15, 0.2) is 0 Å². The fourth-order valence-electron chi connectivity index (χ4n) is 3.55. The molecule has 0 bridgehead atoms. The second kappa shape index (κ2) is 8.85. The first-order valence-electron chi connectivity index (χ1n) is 8.72. The summed E-state index contributed by atoms with van der Waals surface area (Å²) in [5.74, 6) is 0.880. The van der Waals surface area contributed by atoms with Crippen LogP contribution in [0.25, 0.3) is 0 Å². The molecule has 2 aliphatic heterocycles. The molecule has 5 heteroatoms. The van der Waals surface area contributed by atoms with Crippen LogP contribution in [0.1, 0.15) is 39.5 Å². The Morgan fingerprint density at radius 2 is 2.00 bits per heavy atom. The highest BCUT2D eigenvalue weighted by atomic mass is 16.5. The fraction of sp³-hybridized carbons (Fsp3) is 0.941. The molecule has 0 spiro atoms. The van der Waals surface area contributed by atoms with Gasteiger partial charge in [0.25, 0.3) is 0 Å². The predicted octanol–water partition coefficient (Wildman–Crippen LogP) is 1.76. The van der Waals surface area contributed by atoms with Gasteiger partial charge < -0.3 is 19.3 Å². The number of rotatable bonds is 7. The minimum absolute atomic E-state index is 0.144. The second-order valence-corrected chi connectivity index (χ2v) is 7.00. The zero-order valence-corrected chi connectivity index (χ0v) is 14.4. The van der Waals surface area contributed by atoms with Crippen molar-refractivity contribution in [2.45, 2.75) is 51.6 Å². The molecule has 1 amide bonds. The molecule has 5 nitrogen and oxygen atoms in total. The van der Waals surface area contributed by atoms with Crippen LogP contribution in [0.5, 0.6) is 0 Å². The lowest BCUT2D eigenvalue weighted by Crippen LogP contribution is -2.51. The average Bonchev–Trinajstić information content (AvgIpc) is 2.95. The summed E-state index contributed by atoms with van der Waals surface area (Å²) in [6, 6.07) is 0.671. The van der Waals surface area contributed by atoms with Crippen molar-refractivity contribution in [3.05, 3.63) is 0 Å². The molecule has 0 N–H and O–H groups in total. The van der Waals surface area contributed by atoms with Crippen molar-refractivity contribution in [2.75, 3.05) is 46.6 Å². The quantitative estimate of drug-likeness (QED) is 0.718. The Kier molecular flexibility index (Phi) is 7.12. The zero-order chi connectivity index (χ0) is 15.9. The van der Waals surface area contributed by atoms with E-state index in [-0.39, 0.29) is 12.5 Å². The van der Waals surface area contributed by atoms with Crippen molar-refractivity contribution >= 4 is 5.91 Å². The van der Waals surface area contributed by atoms with Crippen LogP contribution in [0.3, 0.4) is 0 Å². The Balaban J connectivity index is 1.94. The Morgan fingerprint density at radius 1 is 1.27 bits per heavy atom. The smallest absolute Gasteiger partial charge is 0.249 e. The van der Waals surface area contributed by atoms with Crippen molar-refractivity contribution in [3.63, 3.8) is 0 Å². The van der Waals surface area contributed by atoms with Crippen LogP contribution in [0, 0.1) is 5.92 Å². The molecule has 0 radical (unpaired) electrons. The maximum absolute atomic E-state index is 12.5. The lowest BCUT2D eigenvalue weighted by atomic mass is 10.0. The molecule has 0 aromatic rings. The summed E-state index contributed by atoms with van der Waals surface area (Å²) < 4.78 is 10.6. The molecular weight excluding hydrogens is 280 g/mol. The Hall–Kier alpha value is -0.650. The van der Waals surface area contributed by atoms with E-state index < -0.39 is 0 Å². The van der Waals surface area contributed by atoms with Gasteiger partial charge in [-0.05, 0) is 38.1 Å². The molecule has 2 heterocycles. The third kappa shape index (κ3) is 4.93. The minimum atomic E-state index is 0.144. The summed E-state index contributed by atoms with van der Waals surface area (Å²) in [6.07, 6.45) is 4.23. The fourth-order valence-corrected chi connectivity index (χ4v) is 3.55. The third-order valence-electron chi connectivity index (χ3n) is 4.80. The van der Waals surface area contributed by atoms with Crippen molar-refractivity contribution in [2.24, 2.45) is 5.92 Å². The molecule has 0 aliphatic carbocycles. The molecule has 0 saturated carbocycles. The van der Waals surface area contributed by atoms with E-state index in [0.717, 1.165) is 58.0 Å². The van der Waals surface area contributed by atoms with E-state index >= 15 is 0 Å². The molecule has 2 saturated heterocycles. The number of likely N-dealkylation sites (tertiary alicyclic amines) is 1. The SMILES string of the molecule is COCC(=O)N(C1CCOCC1)C1CCN(CCC(C)C)C1. The summed E-state index contributed by atoms with van der Waals surface area (Å²) >= 11 is 0. The standard InChI is InChI=1S/C17H32N2O3/c1-14(2)4-8-18-9-5-16(12-18)19(17(20)13-21-3)15-6-10-22-11-7-15/h14-16H,4-13H2,1-3H3. The van der Waals surface area contributed by atoms with Crippen molar-refractivity contribution < 1.29 is 14.3 Å². The highest BCUT2D eigenvalue weighted by Gasteiger charge is 2.35. The normalized spacial score (nSPS) is 24.1. The first-order valence-corrected chi connectivity index (χ1v) is 8.72. The van der Waals surface area contributed by atoms with E-state index in [1.54, 1.807) is 7.11 Å². The van der Waals surface area contributed by atoms with E-state index in [0.29, 0.717) is 12.1 Å². The number of amides is 1. The van der Waals surface area contributed by atoms with E-state index in [1.807, 2.05) is 0 Å². The van der Waals surface area contributed by atoms with Gasteiger partial charge in [-0.25, -0.2) is 0 Å². The number of methoxy groups -OCH3 is 1. The van der Waals surface area contributed by atoms with Crippen LogP contribution < -0.4 is 0 Å². The summed E-state index contributed by atoms with van der Waals surface area (Å²) in [6.45, 7) is 9.54. The van der Waals surface area contributed by atoms with Crippen molar-refractivity contribution in [1.82, 2.24) is 9.80 Å². The van der Waals surface area contributed by atoms with E-state index in [4.69, 9.17) is 9.47 Å². The molecule has 0 aromatic heterocycles. The predicted molar refractivity (Wildman–Crippen MR) is 86.9 cm³/mol. The second-order valence-electron chi connectivity index (χ2n) is 7.00. The number of hydrogen-bond donors (Lipinski definition) is 0.